The molecule has 0 N–H and O–H groups in total. The molecule has 0 saturated heterocycles. The van der Waals surface area contributed by atoms with Gasteiger partial charge in [-0.3, -0.25) is 0 Å². The minimum atomic E-state index is -3.78. The second-order valence-corrected chi connectivity index (χ2v) is 6.65. The molecule has 4 nitrogen and oxygen atoms in total. The van der Waals surface area contributed by atoms with Crippen molar-refractivity contribution in [3.8, 4) is 0 Å². The average molecular weight is 313 g/mol. The summed E-state index contributed by atoms with van der Waals surface area (Å²) in [6.45, 7) is 1.91. The molecule has 0 amide bonds. The van der Waals surface area contributed by atoms with Crippen molar-refractivity contribution in [2.75, 3.05) is 0 Å². The van der Waals surface area contributed by atoms with E-state index in [1.54, 1.807) is 36.4 Å². The molecule has 0 spiro atoms. The lowest BCUT2D eigenvalue weighted by Crippen LogP contribution is -2.29. The molecule has 0 aliphatic carbocycles. The predicted molar refractivity (Wildman–Crippen MR) is 84.8 cm³/mol. The van der Waals surface area contributed by atoms with Gasteiger partial charge in [0.25, 0.3) is 10.0 Å². The summed E-state index contributed by atoms with van der Waals surface area (Å²) in [5.74, 6) is 0. The van der Waals surface area contributed by atoms with Crippen LogP contribution in [-0.2, 0) is 14.9 Å². The second-order valence-electron chi connectivity index (χ2n) is 4.90. The van der Waals surface area contributed by atoms with Gasteiger partial charge in [-0.1, -0.05) is 52.5 Å². The summed E-state index contributed by atoms with van der Waals surface area (Å²) in [5.41, 5.74) is 2.24. The molecule has 22 heavy (non-hydrogen) atoms. The number of nitrogens with zero attached hydrogens (tertiary/aromatic N) is 1. The van der Waals surface area contributed by atoms with Crippen molar-refractivity contribution in [3.63, 3.8) is 0 Å². The molecule has 1 heterocycles. The zero-order valence-corrected chi connectivity index (χ0v) is 12.8. The van der Waals surface area contributed by atoms with Gasteiger partial charge in [-0.25, -0.2) is 0 Å². The Hall–Kier alpha value is -2.53. The third-order valence-electron chi connectivity index (χ3n) is 3.29. The number of rotatable bonds is 3. The van der Waals surface area contributed by atoms with Gasteiger partial charge in [0.05, 0.1) is 4.90 Å². The van der Waals surface area contributed by atoms with Crippen LogP contribution >= 0.6 is 0 Å². The molecule has 112 valence electrons. The fourth-order valence-electron chi connectivity index (χ4n) is 2.14. The normalized spacial score (nSPS) is 14.4. The maximum atomic E-state index is 12.8. The molecular formula is C17H15NO3S. The maximum absolute atomic E-state index is 12.8. The number of aryl methyl sites for hydroxylation is 1. The highest BCUT2D eigenvalue weighted by atomic mass is 32.2. The molecule has 2 aromatic rings. The number of hydrogen-bond acceptors (Lipinski definition) is 3. The van der Waals surface area contributed by atoms with Crippen molar-refractivity contribution >= 4 is 15.7 Å². The van der Waals surface area contributed by atoms with E-state index in [1.807, 2.05) is 37.3 Å². The Morgan fingerprint density at radius 3 is 2.32 bits per heavy atom. The molecule has 0 bridgehead atoms. The van der Waals surface area contributed by atoms with Crippen molar-refractivity contribution in [3.05, 3.63) is 84.1 Å². The zero-order chi connectivity index (χ0) is 15.6. The van der Waals surface area contributed by atoms with Gasteiger partial charge < -0.3 is 4.84 Å². The van der Waals surface area contributed by atoms with Gasteiger partial charge in [0.1, 0.15) is 12.0 Å². The predicted octanol–water partition coefficient (Wildman–Crippen LogP) is 3.49. The van der Waals surface area contributed by atoms with Crippen LogP contribution in [0.25, 0.3) is 5.70 Å². The third-order valence-corrected chi connectivity index (χ3v) is 4.88. The highest BCUT2D eigenvalue weighted by Gasteiger charge is 2.29. The van der Waals surface area contributed by atoms with Gasteiger partial charge in [0.15, 0.2) is 0 Å². The first-order valence-electron chi connectivity index (χ1n) is 6.80. The van der Waals surface area contributed by atoms with E-state index in [1.165, 1.54) is 6.26 Å². The quantitative estimate of drug-likeness (QED) is 0.871. The minimum absolute atomic E-state index is 0.190. The van der Waals surface area contributed by atoms with Gasteiger partial charge in [0, 0.05) is 5.56 Å². The van der Waals surface area contributed by atoms with Crippen LogP contribution < -0.4 is 0 Å². The molecule has 0 saturated carbocycles. The van der Waals surface area contributed by atoms with Crippen LogP contribution in [0.3, 0.4) is 0 Å². The van der Waals surface area contributed by atoms with E-state index >= 15 is 0 Å². The standard InChI is InChI=1S/C17H15NO3S/c1-14-9-11-16(12-10-14)22(19,20)18-17(8-5-13-21-18)15-6-3-2-4-7-15/h2-13H,1H3. The Balaban J connectivity index is 2.04. The molecule has 0 aromatic heterocycles. The highest BCUT2D eigenvalue weighted by Crippen LogP contribution is 2.29. The van der Waals surface area contributed by atoms with Gasteiger partial charge in [-0.05, 0) is 31.2 Å². The summed E-state index contributed by atoms with van der Waals surface area (Å²) in [6.07, 6.45) is 4.73. The van der Waals surface area contributed by atoms with Crippen molar-refractivity contribution < 1.29 is 13.3 Å². The van der Waals surface area contributed by atoms with Crippen LogP contribution in [0.1, 0.15) is 11.1 Å². The number of allylic oxidation sites excluding steroid dienone is 2. The van der Waals surface area contributed by atoms with E-state index in [0.29, 0.717) is 5.70 Å². The number of hydrogen-bond donors (Lipinski definition) is 0. The summed E-state index contributed by atoms with van der Waals surface area (Å²) >= 11 is 0. The van der Waals surface area contributed by atoms with Gasteiger partial charge >= 0.3 is 0 Å². The molecule has 0 fully saturated rings. The van der Waals surface area contributed by atoms with E-state index in [4.69, 9.17) is 4.84 Å². The van der Waals surface area contributed by atoms with Crippen LogP contribution in [0, 0.1) is 6.92 Å². The Bertz CT molecular complexity index is 822. The van der Waals surface area contributed by atoms with Crippen LogP contribution in [0.2, 0.25) is 0 Å². The maximum Gasteiger partial charge on any atom is 0.295 e. The highest BCUT2D eigenvalue weighted by molar-refractivity contribution is 7.89. The Morgan fingerprint density at radius 2 is 1.64 bits per heavy atom. The Labute approximate surface area is 130 Å². The van der Waals surface area contributed by atoms with E-state index in [-0.39, 0.29) is 4.90 Å². The molecule has 3 rings (SSSR count). The van der Waals surface area contributed by atoms with Crippen molar-refractivity contribution in [2.24, 2.45) is 0 Å². The first-order chi connectivity index (χ1) is 10.6. The summed E-state index contributed by atoms with van der Waals surface area (Å²) in [7, 11) is -3.78. The van der Waals surface area contributed by atoms with E-state index in [0.717, 1.165) is 15.6 Å². The van der Waals surface area contributed by atoms with E-state index in [9.17, 15) is 8.42 Å². The third kappa shape index (κ3) is 2.63. The van der Waals surface area contributed by atoms with Crippen molar-refractivity contribution in [1.29, 1.82) is 0 Å². The average Bonchev–Trinajstić information content (AvgIpc) is 2.56. The van der Waals surface area contributed by atoms with Gasteiger partial charge in [-0.15, -0.1) is 0 Å². The number of sulfonamides is 1. The molecule has 2 aromatic carbocycles. The molecule has 1 aliphatic rings. The van der Waals surface area contributed by atoms with E-state index < -0.39 is 10.0 Å². The first kappa shape index (κ1) is 14.4. The fraction of sp³-hybridized carbons (Fsp3) is 0.0588. The van der Waals surface area contributed by atoms with Gasteiger partial charge in [-0.2, -0.15) is 8.42 Å². The summed E-state index contributed by atoms with van der Waals surface area (Å²) in [4.78, 5) is 5.48. The molecule has 0 unspecified atom stereocenters. The van der Waals surface area contributed by atoms with Crippen LogP contribution in [0.15, 0.2) is 77.9 Å². The molecular weight excluding hydrogens is 298 g/mol. The topological polar surface area (TPSA) is 46.6 Å². The first-order valence-corrected chi connectivity index (χ1v) is 8.24. The molecule has 5 heteroatoms. The van der Waals surface area contributed by atoms with E-state index in [2.05, 4.69) is 0 Å². The van der Waals surface area contributed by atoms with Crippen LogP contribution in [0.5, 0.6) is 0 Å². The molecule has 0 atom stereocenters. The zero-order valence-electron chi connectivity index (χ0n) is 12.0. The van der Waals surface area contributed by atoms with Crippen LogP contribution in [-0.4, -0.2) is 12.9 Å². The Morgan fingerprint density at radius 1 is 0.955 bits per heavy atom. The molecule has 1 aliphatic heterocycles. The molecule has 0 radical (unpaired) electrons. The monoisotopic (exact) mass is 313 g/mol. The second kappa shape index (κ2) is 5.69. The largest absolute Gasteiger partial charge is 0.372 e. The minimum Gasteiger partial charge on any atom is -0.372 e. The SMILES string of the molecule is Cc1ccc(S(=O)(=O)N2OC=CC=C2c2ccccc2)cc1. The summed E-state index contributed by atoms with van der Waals surface area (Å²) in [5, 5.41) is 0. The smallest absolute Gasteiger partial charge is 0.295 e. The lowest BCUT2D eigenvalue weighted by molar-refractivity contribution is 0.0400. The lowest BCUT2D eigenvalue weighted by Gasteiger charge is -2.26. The van der Waals surface area contributed by atoms with Crippen molar-refractivity contribution in [2.45, 2.75) is 11.8 Å². The number of hydroxylamine groups is 1. The summed E-state index contributed by atoms with van der Waals surface area (Å²) in [6, 6.07) is 15.9. The van der Waals surface area contributed by atoms with Crippen molar-refractivity contribution in [1.82, 2.24) is 4.47 Å². The number of benzene rings is 2. The van der Waals surface area contributed by atoms with Gasteiger partial charge in [0.2, 0.25) is 0 Å². The lowest BCUT2D eigenvalue weighted by atomic mass is 10.1. The fourth-order valence-corrected chi connectivity index (χ4v) is 3.40. The Kier molecular flexibility index (Phi) is 3.73. The summed E-state index contributed by atoms with van der Waals surface area (Å²) < 4.78 is 26.6. The van der Waals surface area contributed by atoms with Crippen LogP contribution in [0.4, 0.5) is 0 Å².